The third-order valence-corrected chi connectivity index (χ3v) is 2.86. The van der Waals surface area contributed by atoms with Gasteiger partial charge in [-0.15, -0.1) is 25.6 Å². The van der Waals surface area contributed by atoms with E-state index < -0.39 is 35.5 Å². The van der Waals surface area contributed by atoms with Gasteiger partial charge in [-0.2, -0.15) is 0 Å². The first kappa shape index (κ1) is 19.0. The molecule has 2 rings (SSSR count). The van der Waals surface area contributed by atoms with Crippen molar-refractivity contribution in [1.82, 2.24) is 0 Å². The number of phenols is 1. The van der Waals surface area contributed by atoms with E-state index in [4.69, 9.17) is 5.73 Å². The van der Waals surface area contributed by atoms with Gasteiger partial charge in [-0.25, -0.2) is 8.78 Å². The van der Waals surface area contributed by atoms with Crippen LogP contribution in [-0.4, -0.2) is 11.5 Å². The van der Waals surface area contributed by atoms with Gasteiger partial charge in [0.05, 0.1) is 11.6 Å². The van der Waals surface area contributed by atoms with Crippen LogP contribution in [0, 0.1) is 11.6 Å². The summed E-state index contributed by atoms with van der Waals surface area (Å²) in [4.78, 5) is 0. The quantitative estimate of drug-likeness (QED) is 0.817. The highest BCUT2D eigenvalue weighted by Crippen LogP contribution is 2.32. The molecule has 126 valence electrons. The van der Waals surface area contributed by atoms with Crippen molar-refractivity contribution in [2.75, 3.05) is 0 Å². The molecule has 0 aliphatic heterocycles. The summed E-state index contributed by atoms with van der Waals surface area (Å²) in [6.07, 6.45) is -4.83. The SMILES string of the molecule is Cl.N[C@@H](c1ccc(OC(F)(F)F)cc1)c1c(O)cc(F)cc1F. The molecule has 0 saturated heterocycles. The number of ether oxygens (including phenoxy) is 1. The highest BCUT2D eigenvalue weighted by Gasteiger charge is 2.31. The van der Waals surface area contributed by atoms with E-state index in [0.717, 1.165) is 12.1 Å². The number of nitrogens with two attached hydrogens (primary N) is 1. The lowest BCUT2D eigenvalue weighted by atomic mass is 9.98. The Kier molecular flexibility index (Phi) is 5.79. The molecule has 0 aliphatic carbocycles. The van der Waals surface area contributed by atoms with E-state index in [0.29, 0.717) is 12.1 Å². The van der Waals surface area contributed by atoms with Crippen LogP contribution < -0.4 is 10.5 Å². The summed E-state index contributed by atoms with van der Waals surface area (Å²) < 4.78 is 66.4. The first-order valence-electron chi connectivity index (χ1n) is 5.96. The van der Waals surface area contributed by atoms with Crippen LogP contribution in [0.4, 0.5) is 22.0 Å². The summed E-state index contributed by atoms with van der Waals surface area (Å²) in [6.45, 7) is 0. The molecule has 3 N–H and O–H groups in total. The molecule has 0 spiro atoms. The lowest BCUT2D eigenvalue weighted by Crippen LogP contribution is -2.17. The molecule has 0 amide bonds. The van der Waals surface area contributed by atoms with Crippen molar-refractivity contribution in [3.05, 3.63) is 59.2 Å². The standard InChI is InChI=1S/C14H10F5NO2.ClH/c15-8-5-10(16)12(11(21)6-8)13(20)7-1-3-9(4-2-7)22-14(17,18)19;/h1-6,13,21H,20H2;1H/t13-;/m0./s1. The summed E-state index contributed by atoms with van der Waals surface area (Å²) >= 11 is 0. The summed E-state index contributed by atoms with van der Waals surface area (Å²) in [7, 11) is 0. The van der Waals surface area contributed by atoms with Gasteiger partial charge in [0.15, 0.2) is 0 Å². The molecular formula is C14H11ClF5NO2. The lowest BCUT2D eigenvalue weighted by Gasteiger charge is -2.16. The minimum atomic E-state index is -4.83. The Morgan fingerprint density at radius 1 is 1.04 bits per heavy atom. The molecule has 2 aromatic carbocycles. The summed E-state index contributed by atoms with van der Waals surface area (Å²) in [5.41, 5.74) is 5.62. The molecule has 2 aromatic rings. The Morgan fingerprint density at radius 3 is 2.09 bits per heavy atom. The fourth-order valence-electron chi connectivity index (χ4n) is 1.92. The van der Waals surface area contributed by atoms with Crippen molar-refractivity contribution in [3.8, 4) is 11.5 Å². The third-order valence-electron chi connectivity index (χ3n) is 2.86. The molecule has 23 heavy (non-hydrogen) atoms. The van der Waals surface area contributed by atoms with Gasteiger partial charge >= 0.3 is 6.36 Å². The van der Waals surface area contributed by atoms with Gasteiger partial charge < -0.3 is 15.6 Å². The Bertz CT molecular complexity index is 653. The largest absolute Gasteiger partial charge is 0.573 e. The smallest absolute Gasteiger partial charge is 0.507 e. The average Bonchev–Trinajstić information content (AvgIpc) is 2.36. The summed E-state index contributed by atoms with van der Waals surface area (Å²) in [6, 6.07) is 4.44. The second-order valence-corrected chi connectivity index (χ2v) is 4.41. The number of benzene rings is 2. The lowest BCUT2D eigenvalue weighted by molar-refractivity contribution is -0.274. The van der Waals surface area contributed by atoms with Gasteiger partial charge in [0.1, 0.15) is 23.1 Å². The van der Waals surface area contributed by atoms with Gasteiger partial charge in [0, 0.05) is 12.1 Å². The highest BCUT2D eigenvalue weighted by atomic mass is 35.5. The van der Waals surface area contributed by atoms with Crippen LogP contribution >= 0.6 is 12.4 Å². The number of hydrogen-bond donors (Lipinski definition) is 2. The number of aromatic hydroxyl groups is 1. The van der Waals surface area contributed by atoms with Crippen molar-refractivity contribution in [2.45, 2.75) is 12.4 Å². The maximum atomic E-state index is 13.7. The number of phenolic OH excluding ortho intramolecular Hbond substituents is 1. The molecule has 0 aromatic heterocycles. The molecule has 0 bridgehead atoms. The molecule has 0 heterocycles. The van der Waals surface area contributed by atoms with Crippen LogP contribution in [0.25, 0.3) is 0 Å². The maximum absolute atomic E-state index is 13.7. The number of halogens is 6. The van der Waals surface area contributed by atoms with E-state index in [2.05, 4.69) is 4.74 Å². The minimum absolute atomic E-state index is 0. The first-order chi connectivity index (χ1) is 10.2. The molecule has 1 atom stereocenters. The fourth-order valence-corrected chi connectivity index (χ4v) is 1.92. The van der Waals surface area contributed by atoms with Crippen molar-refractivity contribution in [2.24, 2.45) is 5.73 Å². The molecule has 3 nitrogen and oxygen atoms in total. The van der Waals surface area contributed by atoms with Crippen molar-refractivity contribution in [3.63, 3.8) is 0 Å². The summed E-state index contributed by atoms with van der Waals surface area (Å²) in [5, 5.41) is 9.58. The van der Waals surface area contributed by atoms with Crippen molar-refractivity contribution < 1.29 is 31.8 Å². The van der Waals surface area contributed by atoms with E-state index in [1.807, 2.05) is 0 Å². The molecule has 0 radical (unpaired) electrons. The highest BCUT2D eigenvalue weighted by molar-refractivity contribution is 5.85. The Hall–Kier alpha value is -2.06. The van der Waals surface area contributed by atoms with Crippen molar-refractivity contribution >= 4 is 12.4 Å². The molecule has 9 heteroatoms. The summed E-state index contributed by atoms with van der Waals surface area (Å²) in [5.74, 6) is -3.17. The third kappa shape index (κ3) is 4.70. The van der Waals surface area contributed by atoms with E-state index >= 15 is 0 Å². The second kappa shape index (κ2) is 7.01. The Balaban J connectivity index is 0.00000264. The fraction of sp³-hybridized carbons (Fsp3) is 0.143. The monoisotopic (exact) mass is 355 g/mol. The van der Waals surface area contributed by atoms with Gasteiger partial charge in [0.2, 0.25) is 0 Å². The zero-order chi connectivity index (χ0) is 16.5. The predicted molar refractivity (Wildman–Crippen MR) is 74.4 cm³/mol. The van der Waals surface area contributed by atoms with Crippen LogP contribution in [-0.2, 0) is 0 Å². The van der Waals surface area contributed by atoms with Crippen LogP contribution in [0.1, 0.15) is 17.2 Å². The topological polar surface area (TPSA) is 55.5 Å². The molecule has 0 fully saturated rings. The first-order valence-corrected chi connectivity index (χ1v) is 5.96. The second-order valence-electron chi connectivity index (χ2n) is 4.41. The Morgan fingerprint density at radius 2 is 1.61 bits per heavy atom. The van der Waals surface area contributed by atoms with E-state index in [9.17, 15) is 27.1 Å². The van der Waals surface area contributed by atoms with E-state index in [-0.39, 0.29) is 23.5 Å². The zero-order valence-corrected chi connectivity index (χ0v) is 12.1. The zero-order valence-electron chi connectivity index (χ0n) is 11.3. The van der Waals surface area contributed by atoms with E-state index in [1.54, 1.807) is 0 Å². The van der Waals surface area contributed by atoms with Crippen LogP contribution in [0.3, 0.4) is 0 Å². The van der Waals surface area contributed by atoms with Crippen molar-refractivity contribution in [1.29, 1.82) is 0 Å². The van der Waals surface area contributed by atoms with Gasteiger partial charge in [-0.05, 0) is 17.7 Å². The number of hydrogen-bond acceptors (Lipinski definition) is 3. The van der Waals surface area contributed by atoms with Gasteiger partial charge in [-0.3, -0.25) is 0 Å². The number of rotatable bonds is 3. The Labute approximate surface area is 133 Å². The van der Waals surface area contributed by atoms with E-state index in [1.165, 1.54) is 12.1 Å². The van der Waals surface area contributed by atoms with Crippen LogP contribution in [0.2, 0.25) is 0 Å². The number of alkyl halides is 3. The minimum Gasteiger partial charge on any atom is -0.507 e. The van der Waals surface area contributed by atoms with Gasteiger partial charge in [-0.1, -0.05) is 12.1 Å². The molecular weight excluding hydrogens is 345 g/mol. The maximum Gasteiger partial charge on any atom is 0.573 e. The average molecular weight is 356 g/mol. The molecule has 0 aliphatic rings. The van der Waals surface area contributed by atoms with Crippen LogP contribution in [0.15, 0.2) is 36.4 Å². The normalized spacial score (nSPS) is 12.4. The predicted octanol–water partition coefficient (Wildman–Crippen LogP) is 4.04. The van der Waals surface area contributed by atoms with Crippen LogP contribution in [0.5, 0.6) is 11.5 Å². The van der Waals surface area contributed by atoms with Gasteiger partial charge in [0.25, 0.3) is 0 Å². The molecule has 0 unspecified atom stereocenters. The molecule has 0 saturated carbocycles.